The van der Waals surface area contributed by atoms with Crippen LogP contribution in [0.5, 0.6) is 0 Å². The summed E-state index contributed by atoms with van der Waals surface area (Å²) in [5, 5.41) is 0. The molecule has 1 aromatic rings. The van der Waals surface area contributed by atoms with E-state index >= 15 is 0 Å². The summed E-state index contributed by atoms with van der Waals surface area (Å²) in [7, 11) is -3.25. The first-order chi connectivity index (χ1) is 7.53. The Morgan fingerprint density at radius 1 is 1.31 bits per heavy atom. The van der Waals surface area contributed by atoms with E-state index in [9.17, 15) is 8.42 Å². The summed E-state index contributed by atoms with van der Waals surface area (Å²) in [6.45, 7) is 2.78. The summed E-state index contributed by atoms with van der Waals surface area (Å²) in [6.07, 6.45) is 0. The molecule has 0 amide bonds. The first-order valence-corrected chi connectivity index (χ1v) is 6.90. The summed E-state index contributed by atoms with van der Waals surface area (Å²) < 4.78 is 25.9. The van der Waals surface area contributed by atoms with Crippen molar-refractivity contribution in [2.24, 2.45) is 11.7 Å². The molecular weight excluding hydrogens is 224 g/mol. The zero-order chi connectivity index (χ0) is 12.0. The molecular formula is C11H18N2O2S. The van der Waals surface area contributed by atoms with Gasteiger partial charge in [-0.3, -0.25) is 0 Å². The van der Waals surface area contributed by atoms with Crippen molar-refractivity contribution in [2.75, 3.05) is 13.1 Å². The van der Waals surface area contributed by atoms with Gasteiger partial charge in [0.05, 0.1) is 5.75 Å². The van der Waals surface area contributed by atoms with Gasteiger partial charge in [-0.15, -0.1) is 0 Å². The van der Waals surface area contributed by atoms with E-state index in [1.807, 2.05) is 25.1 Å². The summed E-state index contributed by atoms with van der Waals surface area (Å²) in [5.41, 5.74) is 6.21. The molecule has 1 rings (SSSR count). The molecule has 4 nitrogen and oxygen atoms in total. The molecule has 3 N–H and O–H groups in total. The fraction of sp³-hybridized carbons (Fsp3) is 0.455. The number of hydrogen-bond donors (Lipinski definition) is 2. The highest BCUT2D eigenvalue weighted by Crippen LogP contribution is 2.04. The highest BCUT2D eigenvalue weighted by Gasteiger charge is 2.12. The number of benzene rings is 1. The van der Waals surface area contributed by atoms with Crippen LogP contribution in [-0.2, 0) is 15.8 Å². The number of rotatable bonds is 6. The Morgan fingerprint density at radius 2 is 1.94 bits per heavy atom. The van der Waals surface area contributed by atoms with Gasteiger partial charge >= 0.3 is 0 Å². The third-order valence-corrected chi connectivity index (χ3v) is 3.57. The Labute approximate surface area is 96.9 Å². The zero-order valence-electron chi connectivity index (χ0n) is 9.39. The quantitative estimate of drug-likeness (QED) is 0.771. The predicted molar refractivity (Wildman–Crippen MR) is 65.3 cm³/mol. The lowest BCUT2D eigenvalue weighted by molar-refractivity contribution is 0.544. The summed E-state index contributed by atoms with van der Waals surface area (Å²) in [5.74, 6) is 0.177. The van der Waals surface area contributed by atoms with Crippen molar-refractivity contribution in [3.05, 3.63) is 35.9 Å². The number of sulfonamides is 1. The minimum absolute atomic E-state index is 0.0190. The van der Waals surface area contributed by atoms with Crippen LogP contribution in [-0.4, -0.2) is 21.5 Å². The minimum Gasteiger partial charge on any atom is -0.330 e. The highest BCUT2D eigenvalue weighted by molar-refractivity contribution is 7.88. The Kier molecular flexibility index (Phi) is 4.92. The van der Waals surface area contributed by atoms with E-state index in [0.717, 1.165) is 5.56 Å². The van der Waals surface area contributed by atoms with Crippen molar-refractivity contribution in [1.82, 2.24) is 4.72 Å². The van der Waals surface area contributed by atoms with Crippen LogP contribution in [0.3, 0.4) is 0 Å². The van der Waals surface area contributed by atoms with Gasteiger partial charge in [0.25, 0.3) is 0 Å². The molecule has 1 atom stereocenters. The lowest BCUT2D eigenvalue weighted by Gasteiger charge is -2.10. The van der Waals surface area contributed by atoms with E-state index in [1.54, 1.807) is 12.1 Å². The maximum Gasteiger partial charge on any atom is 0.215 e. The number of hydrogen-bond acceptors (Lipinski definition) is 3. The maximum absolute atomic E-state index is 11.7. The van der Waals surface area contributed by atoms with Crippen molar-refractivity contribution < 1.29 is 8.42 Å². The molecule has 16 heavy (non-hydrogen) atoms. The first kappa shape index (κ1) is 13.2. The lowest BCUT2D eigenvalue weighted by Crippen LogP contribution is -2.32. The molecule has 0 saturated carbocycles. The Morgan fingerprint density at radius 3 is 2.50 bits per heavy atom. The fourth-order valence-electron chi connectivity index (χ4n) is 1.20. The van der Waals surface area contributed by atoms with Gasteiger partial charge < -0.3 is 5.73 Å². The largest absolute Gasteiger partial charge is 0.330 e. The molecule has 0 spiro atoms. The van der Waals surface area contributed by atoms with Crippen molar-refractivity contribution >= 4 is 10.0 Å². The summed E-state index contributed by atoms with van der Waals surface area (Å²) in [4.78, 5) is 0. The standard InChI is InChI=1S/C11H18N2O2S/c1-10(7-12)8-13-16(14,15)9-11-5-3-2-4-6-11/h2-6,10,13H,7-9,12H2,1H3. The van der Waals surface area contributed by atoms with Crippen molar-refractivity contribution in [1.29, 1.82) is 0 Å². The van der Waals surface area contributed by atoms with Crippen LogP contribution < -0.4 is 10.5 Å². The van der Waals surface area contributed by atoms with E-state index in [-0.39, 0.29) is 11.7 Å². The SMILES string of the molecule is CC(CN)CNS(=O)(=O)Cc1ccccc1. The molecule has 0 aliphatic heterocycles. The second-order valence-electron chi connectivity index (χ2n) is 3.93. The van der Waals surface area contributed by atoms with Gasteiger partial charge in [0.2, 0.25) is 10.0 Å². The van der Waals surface area contributed by atoms with E-state index in [4.69, 9.17) is 5.73 Å². The highest BCUT2D eigenvalue weighted by atomic mass is 32.2. The minimum atomic E-state index is -3.25. The van der Waals surface area contributed by atoms with Crippen molar-refractivity contribution in [2.45, 2.75) is 12.7 Å². The van der Waals surface area contributed by atoms with Crippen LogP contribution >= 0.6 is 0 Å². The molecule has 0 radical (unpaired) electrons. The predicted octanol–water partition coefficient (Wildman–Crippen LogP) is 0.701. The Balaban J connectivity index is 2.53. The molecule has 0 aliphatic carbocycles. The van der Waals surface area contributed by atoms with E-state index in [1.165, 1.54) is 0 Å². The van der Waals surface area contributed by atoms with Crippen LogP contribution in [0.4, 0.5) is 0 Å². The number of nitrogens with one attached hydrogen (secondary N) is 1. The molecule has 0 heterocycles. The van der Waals surface area contributed by atoms with Crippen LogP contribution in [0.1, 0.15) is 12.5 Å². The van der Waals surface area contributed by atoms with Crippen LogP contribution in [0, 0.1) is 5.92 Å². The molecule has 1 aromatic carbocycles. The number of nitrogens with two attached hydrogens (primary N) is 1. The topological polar surface area (TPSA) is 72.2 Å². The molecule has 5 heteroatoms. The second-order valence-corrected chi connectivity index (χ2v) is 5.74. The van der Waals surface area contributed by atoms with Crippen LogP contribution in [0.15, 0.2) is 30.3 Å². The van der Waals surface area contributed by atoms with Gasteiger partial charge in [-0.2, -0.15) is 0 Å². The van der Waals surface area contributed by atoms with E-state index in [0.29, 0.717) is 13.1 Å². The van der Waals surface area contributed by atoms with E-state index < -0.39 is 10.0 Å². The lowest BCUT2D eigenvalue weighted by atomic mass is 10.2. The van der Waals surface area contributed by atoms with Gasteiger partial charge in [-0.25, -0.2) is 13.1 Å². The third kappa shape index (κ3) is 4.74. The molecule has 90 valence electrons. The van der Waals surface area contributed by atoms with Crippen molar-refractivity contribution in [3.8, 4) is 0 Å². The Hall–Kier alpha value is -0.910. The normalized spacial score (nSPS) is 13.6. The first-order valence-electron chi connectivity index (χ1n) is 5.25. The van der Waals surface area contributed by atoms with Crippen LogP contribution in [0.2, 0.25) is 0 Å². The smallest absolute Gasteiger partial charge is 0.215 e. The Bertz CT molecular complexity index is 403. The van der Waals surface area contributed by atoms with Crippen molar-refractivity contribution in [3.63, 3.8) is 0 Å². The maximum atomic E-state index is 11.7. The van der Waals surface area contributed by atoms with Gasteiger partial charge in [0.1, 0.15) is 0 Å². The summed E-state index contributed by atoms with van der Waals surface area (Å²) >= 11 is 0. The third-order valence-electron chi connectivity index (χ3n) is 2.25. The fourth-order valence-corrected chi connectivity index (χ4v) is 2.47. The molecule has 0 bridgehead atoms. The molecule has 0 saturated heterocycles. The zero-order valence-corrected chi connectivity index (χ0v) is 10.2. The second kappa shape index (κ2) is 5.98. The van der Waals surface area contributed by atoms with E-state index in [2.05, 4.69) is 4.72 Å². The average Bonchev–Trinajstić information content (AvgIpc) is 2.27. The van der Waals surface area contributed by atoms with Gasteiger partial charge in [0, 0.05) is 6.54 Å². The van der Waals surface area contributed by atoms with Gasteiger partial charge in [-0.05, 0) is 18.0 Å². The molecule has 1 unspecified atom stereocenters. The summed E-state index contributed by atoms with van der Waals surface area (Å²) in [6, 6.07) is 9.11. The van der Waals surface area contributed by atoms with Gasteiger partial charge in [-0.1, -0.05) is 37.3 Å². The average molecular weight is 242 g/mol. The molecule has 0 aromatic heterocycles. The van der Waals surface area contributed by atoms with Crippen LogP contribution in [0.25, 0.3) is 0 Å². The molecule has 0 aliphatic rings. The molecule has 0 fully saturated rings. The monoisotopic (exact) mass is 242 g/mol. The van der Waals surface area contributed by atoms with Gasteiger partial charge in [0.15, 0.2) is 0 Å².